The normalized spacial score (nSPS) is 18.5. The largest absolute Gasteiger partial charge is 0.494 e. The average Bonchev–Trinajstić information content (AvgIpc) is 3.30. The van der Waals surface area contributed by atoms with Gasteiger partial charge in [-0.15, -0.1) is 0 Å². The van der Waals surface area contributed by atoms with Crippen LogP contribution in [-0.2, 0) is 16.0 Å². The number of benzene rings is 3. The van der Waals surface area contributed by atoms with Crippen molar-refractivity contribution in [3.63, 3.8) is 0 Å². The number of aliphatic hydroxyl groups is 1. The Kier molecular flexibility index (Phi) is 7.85. The summed E-state index contributed by atoms with van der Waals surface area (Å²) in [5.41, 5.74) is 10.3. The number of nitrogens with zero attached hydrogens (tertiary/aromatic N) is 4. The van der Waals surface area contributed by atoms with Crippen molar-refractivity contribution in [2.75, 3.05) is 20.3 Å². The zero-order chi connectivity index (χ0) is 25.4. The molecule has 0 spiro atoms. The van der Waals surface area contributed by atoms with E-state index in [9.17, 15) is 4.79 Å². The fourth-order valence-corrected chi connectivity index (χ4v) is 4.23. The van der Waals surface area contributed by atoms with E-state index in [0.29, 0.717) is 41.5 Å². The molecule has 2 N–H and O–H groups in total. The van der Waals surface area contributed by atoms with Crippen molar-refractivity contribution < 1.29 is 19.4 Å². The van der Waals surface area contributed by atoms with Gasteiger partial charge in [0.25, 0.3) is 5.91 Å². The number of aliphatic imine (C=N–C) groups is 1. The van der Waals surface area contributed by atoms with E-state index < -0.39 is 11.6 Å². The SMILES string of the molecule is CNC(=O)[C@]1(Cc2ccccc2)N=C(c2ccc(OCCCO)cc2)O[C@@H]1c1ccccc1N=[N+]=[N-]. The molecule has 0 saturated heterocycles. The first kappa shape index (κ1) is 24.8. The molecule has 9 nitrogen and oxygen atoms in total. The number of rotatable bonds is 10. The lowest BCUT2D eigenvalue weighted by Gasteiger charge is -2.31. The first-order chi connectivity index (χ1) is 17.6. The number of nitrogens with one attached hydrogen (secondary N) is 1. The number of azide groups is 1. The molecule has 0 aromatic heterocycles. The molecule has 0 saturated carbocycles. The molecule has 3 aromatic rings. The smallest absolute Gasteiger partial charge is 0.252 e. The predicted molar refractivity (Wildman–Crippen MR) is 136 cm³/mol. The van der Waals surface area contributed by atoms with Gasteiger partial charge in [0.15, 0.2) is 11.6 Å². The highest BCUT2D eigenvalue weighted by molar-refractivity contribution is 6.01. The zero-order valence-corrected chi connectivity index (χ0v) is 19.9. The summed E-state index contributed by atoms with van der Waals surface area (Å²) < 4.78 is 12.0. The van der Waals surface area contributed by atoms with Crippen LogP contribution in [0.25, 0.3) is 10.4 Å². The van der Waals surface area contributed by atoms with Gasteiger partial charge in [0.1, 0.15) is 5.75 Å². The van der Waals surface area contributed by atoms with Crippen molar-refractivity contribution in [2.24, 2.45) is 10.1 Å². The summed E-state index contributed by atoms with van der Waals surface area (Å²) in [5.74, 6) is 0.640. The summed E-state index contributed by atoms with van der Waals surface area (Å²) in [5, 5.41) is 15.5. The molecule has 3 aromatic carbocycles. The van der Waals surface area contributed by atoms with Crippen molar-refractivity contribution in [2.45, 2.75) is 24.5 Å². The molecule has 0 aliphatic carbocycles. The van der Waals surface area contributed by atoms with Gasteiger partial charge in [0, 0.05) is 48.2 Å². The molecule has 0 fully saturated rings. The van der Waals surface area contributed by atoms with E-state index in [2.05, 4.69) is 15.3 Å². The van der Waals surface area contributed by atoms with Crippen LogP contribution >= 0.6 is 0 Å². The molecule has 184 valence electrons. The van der Waals surface area contributed by atoms with Crippen molar-refractivity contribution in [3.8, 4) is 5.75 Å². The van der Waals surface area contributed by atoms with Crippen molar-refractivity contribution in [3.05, 3.63) is 106 Å². The number of amides is 1. The first-order valence-corrected chi connectivity index (χ1v) is 11.6. The van der Waals surface area contributed by atoms with Crippen molar-refractivity contribution >= 4 is 17.5 Å². The summed E-state index contributed by atoms with van der Waals surface area (Å²) in [6.07, 6.45) is -0.0260. The Hall–Kier alpha value is -4.33. The van der Waals surface area contributed by atoms with Crippen LogP contribution in [0.1, 0.15) is 29.2 Å². The zero-order valence-electron chi connectivity index (χ0n) is 19.9. The maximum atomic E-state index is 13.5. The second-order valence-corrected chi connectivity index (χ2v) is 8.28. The molecule has 1 heterocycles. The molecule has 0 radical (unpaired) electrons. The molecule has 2 atom stereocenters. The van der Waals surface area contributed by atoms with Crippen LogP contribution in [0.3, 0.4) is 0 Å². The van der Waals surface area contributed by atoms with Gasteiger partial charge in [-0.3, -0.25) is 4.79 Å². The Balaban J connectivity index is 1.79. The highest BCUT2D eigenvalue weighted by atomic mass is 16.5. The van der Waals surface area contributed by atoms with Gasteiger partial charge in [-0.1, -0.05) is 59.7 Å². The number of likely N-dealkylation sites (N-methyl/N-ethyl adjacent to an activating group) is 1. The number of hydrogen-bond donors (Lipinski definition) is 2. The first-order valence-electron chi connectivity index (χ1n) is 11.6. The van der Waals surface area contributed by atoms with Gasteiger partial charge in [-0.25, -0.2) is 4.99 Å². The molecule has 36 heavy (non-hydrogen) atoms. The van der Waals surface area contributed by atoms with Crippen LogP contribution in [0, 0.1) is 0 Å². The van der Waals surface area contributed by atoms with E-state index in [0.717, 1.165) is 5.56 Å². The minimum atomic E-state index is -1.34. The van der Waals surface area contributed by atoms with Crippen LogP contribution in [0.4, 0.5) is 5.69 Å². The predicted octanol–water partition coefficient (Wildman–Crippen LogP) is 4.64. The maximum Gasteiger partial charge on any atom is 0.252 e. The van der Waals surface area contributed by atoms with Gasteiger partial charge in [0.05, 0.1) is 6.61 Å². The van der Waals surface area contributed by atoms with Crippen LogP contribution < -0.4 is 10.1 Å². The van der Waals surface area contributed by atoms with E-state index in [1.165, 1.54) is 0 Å². The average molecular weight is 486 g/mol. The fourth-order valence-electron chi connectivity index (χ4n) is 4.23. The van der Waals surface area contributed by atoms with Crippen LogP contribution in [0.2, 0.25) is 0 Å². The van der Waals surface area contributed by atoms with Crippen LogP contribution in [-0.4, -0.2) is 42.7 Å². The van der Waals surface area contributed by atoms with E-state index in [1.807, 2.05) is 48.5 Å². The van der Waals surface area contributed by atoms with Gasteiger partial charge in [-0.05, 0) is 35.4 Å². The Morgan fingerprint density at radius 3 is 2.56 bits per heavy atom. The summed E-state index contributed by atoms with van der Waals surface area (Å²) in [7, 11) is 1.57. The minimum Gasteiger partial charge on any atom is -0.494 e. The second kappa shape index (κ2) is 11.4. The van der Waals surface area contributed by atoms with Gasteiger partial charge < -0.3 is 19.9 Å². The molecule has 0 bridgehead atoms. The lowest BCUT2D eigenvalue weighted by molar-refractivity contribution is -0.128. The van der Waals surface area contributed by atoms with Crippen LogP contribution in [0.5, 0.6) is 5.75 Å². The molecule has 9 heteroatoms. The molecular formula is C27H27N5O4. The van der Waals surface area contributed by atoms with Crippen molar-refractivity contribution in [1.29, 1.82) is 0 Å². The number of carbonyl (C=O) groups excluding carboxylic acids is 1. The van der Waals surface area contributed by atoms with E-state index in [-0.39, 0.29) is 18.9 Å². The van der Waals surface area contributed by atoms with Crippen LogP contribution in [0.15, 0.2) is 89.0 Å². The number of aliphatic hydroxyl groups excluding tert-OH is 1. The number of hydrogen-bond acceptors (Lipinski definition) is 6. The van der Waals surface area contributed by atoms with E-state index in [4.69, 9.17) is 25.1 Å². The van der Waals surface area contributed by atoms with Crippen molar-refractivity contribution in [1.82, 2.24) is 5.32 Å². The lowest BCUT2D eigenvalue weighted by atomic mass is 9.81. The van der Waals surface area contributed by atoms with E-state index >= 15 is 0 Å². The third-order valence-electron chi connectivity index (χ3n) is 5.95. The molecule has 1 aliphatic rings. The topological polar surface area (TPSA) is 129 Å². The third kappa shape index (κ3) is 5.17. The Morgan fingerprint density at radius 1 is 1.14 bits per heavy atom. The summed E-state index contributed by atoms with van der Waals surface area (Å²) in [4.78, 5) is 21.4. The molecule has 4 rings (SSSR count). The number of ether oxygens (including phenoxy) is 2. The van der Waals surface area contributed by atoms with E-state index in [1.54, 1.807) is 37.4 Å². The summed E-state index contributed by atoms with van der Waals surface area (Å²) >= 11 is 0. The quantitative estimate of drug-likeness (QED) is 0.188. The van der Waals surface area contributed by atoms with Gasteiger partial charge in [-0.2, -0.15) is 0 Å². The highest BCUT2D eigenvalue weighted by Gasteiger charge is 2.53. The van der Waals surface area contributed by atoms with Gasteiger partial charge in [0.2, 0.25) is 5.90 Å². The van der Waals surface area contributed by atoms with Gasteiger partial charge >= 0.3 is 0 Å². The second-order valence-electron chi connectivity index (χ2n) is 8.28. The minimum absolute atomic E-state index is 0.0599. The Morgan fingerprint density at radius 2 is 1.86 bits per heavy atom. The summed E-state index contributed by atoms with van der Waals surface area (Å²) in [6.45, 7) is 0.465. The number of carbonyl (C=O) groups is 1. The molecule has 1 aliphatic heterocycles. The third-order valence-corrected chi connectivity index (χ3v) is 5.95. The summed E-state index contributed by atoms with van der Waals surface area (Å²) in [6, 6.07) is 23.8. The molecule has 0 unspecified atom stereocenters. The standard InChI is InChI=1S/C27H27N5O4/c1-29-26(34)27(18-19-8-3-2-4-9-19)24(22-10-5-6-11-23(22)31-32-28)36-25(30-27)20-12-14-21(15-13-20)35-17-7-16-33/h2-6,8-15,24,33H,7,16-18H2,1H3,(H,29,34)/t24-,27-/m1/s1. The fraction of sp³-hybridized carbons (Fsp3) is 0.259. The highest BCUT2D eigenvalue weighted by Crippen LogP contribution is 2.45. The lowest BCUT2D eigenvalue weighted by Crippen LogP contribution is -2.48. The monoisotopic (exact) mass is 485 g/mol. The maximum absolute atomic E-state index is 13.5. The Labute approximate surface area is 209 Å². The molecular weight excluding hydrogens is 458 g/mol. The molecule has 1 amide bonds. The Bertz CT molecular complexity index is 1270.